The van der Waals surface area contributed by atoms with Crippen molar-refractivity contribution < 1.29 is 42.0 Å². The van der Waals surface area contributed by atoms with E-state index in [-0.39, 0.29) is 31.6 Å². The standard InChI is InChI=1S/C30H36BrF3N4O6/c1-20(38-28(40)29(2,3)44-27-7-4-21(18-37-27)30(32,33)34)25(16-23-6-5-22(31)19-36-23)26-17-24(8-9-35-26)43-15-14-42-13-12-41-11-10-39/h4-9,17-20,25,39H,10-16H2,1-3H3,(H,38,40). The topological polar surface area (TPSA) is 125 Å². The first-order chi connectivity index (χ1) is 20.9. The predicted molar refractivity (Wildman–Crippen MR) is 158 cm³/mol. The SMILES string of the molecule is CC(NC(=O)C(C)(C)Oc1ccc(C(F)(F)F)cn1)C(Cc1ccc(Br)cn1)c1cc(OCCOCCOCCO)ccn1. The highest BCUT2D eigenvalue weighted by Gasteiger charge is 2.35. The average molecular weight is 686 g/mol. The van der Waals surface area contributed by atoms with Crippen molar-refractivity contribution >= 4 is 21.8 Å². The first kappa shape index (κ1) is 35.2. The molecule has 240 valence electrons. The number of hydrogen-bond acceptors (Lipinski definition) is 9. The molecule has 0 aliphatic rings. The second-order valence-electron chi connectivity index (χ2n) is 10.2. The summed E-state index contributed by atoms with van der Waals surface area (Å²) < 4.78 is 61.7. The summed E-state index contributed by atoms with van der Waals surface area (Å²) in [4.78, 5) is 26.1. The summed E-state index contributed by atoms with van der Waals surface area (Å²) in [7, 11) is 0. The van der Waals surface area contributed by atoms with Crippen LogP contribution in [0.4, 0.5) is 13.2 Å². The van der Waals surface area contributed by atoms with Crippen molar-refractivity contribution in [1.82, 2.24) is 20.3 Å². The van der Waals surface area contributed by atoms with Gasteiger partial charge in [0.2, 0.25) is 5.88 Å². The number of halogens is 4. The Morgan fingerprint density at radius 1 is 0.977 bits per heavy atom. The lowest BCUT2D eigenvalue weighted by molar-refractivity contribution is -0.138. The summed E-state index contributed by atoms with van der Waals surface area (Å²) in [6.07, 6.45) is -0.135. The fraction of sp³-hybridized carbons (Fsp3) is 0.467. The maximum absolute atomic E-state index is 13.3. The molecule has 2 atom stereocenters. The van der Waals surface area contributed by atoms with E-state index in [0.717, 1.165) is 22.3 Å². The largest absolute Gasteiger partial charge is 0.491 e. The van der Waals surface area contributed by atoms with Crippen molar-refractivity contribution in [2.75, 3.05) is 39.6 Å². The molecule has 3 heterocycles. The van der Waals surface area contributed by atoms with Gasteiger partial charge in [0.25, 0.3) is 5.91 Å². The molecule has 14 heteroatoms. The van der Waals surface area contributed by atoms with Gasteiger partial charge in [-0.05, 0) is 67.4 Å². The van der Waals surface area contributed by atoms with Crippen molar-refractivity contribution in [2.24, 2.45) is 0 Å². The Kier molecular flexibility index (Phi) is 13.3. The number of ether oxygens (including phenoxy) is 4. The number of carbonyl (C=O) groups excluding carboxylic acids is 1. The molecule has 3 rings (SSSR count). The van der Waals surface area contributed by atoms with Crippen LogP contribution >= 0.6 is 15.9 Å². The first-order valence-electron chi connectivity index (χ1n) is 13.9. The molecule has 44 heavy (non-hydrogen) atoms. The van der Waals surface area contributed by atoms with Crippen LogP contribution in [0, 0.1) is 0 Å². The zero-order chi connectivity index (χ0) is 32.2. The lowest BCUT2D eigenvalue weighted by Gasteiger charge is -2.30. The number of hydrogen-bond donors (Lipinski definition) is 2. The molecular weight excluding hydrogens is 649 g/mol. The van der Waals surface area contributed by atoms with Gasteiger partial charge in [-0.1, -0.05) is 0 Å². The Morgan fingerprint density at radius 2 is 1.70 bits per heavy atom. The third-order valence-corrected chi connectivity index (χ3v) is 6.86. The van der Waals surface area contributed by atoms with Crippen LogP contribution < -0.4 is 14.8 Å². The van der Waals surface area contributed by atoms with Crippen LogP contribution in [0.25, 0.3) is 0 Å². The minimum Gasteiger partial charge on any atom is -0.491 e. The van der Waals surface area contributed by atoms with Gasteiger partial charge < -0.3 is 29.4 Å². The number of aliphatic hydroxyl groups is 1. The van der Waals surface area contributed by atoms with Gasteiger partial charge in [-0.3, -0.25) is 14.8 Å². The van der Waals surface area contributed by atoms with E-state index in [1.165, 1.54) is 13.8 Å². The number of pyridine rings is 3. The first-order valence-corrected chi connectivity index (χ1v) is 14.7. The molecule has 3 aromatic rings. The molecule has 0 fully saturated rings. The third kappa shape index (κ3) is 11.3. The molecule has 0 saturated heterocycles. The smallest absolute Gasteiger partial charge is 0.417 e. The van der Waals surface area contributed by atoms with Crippen molar-refractivity contribution in [3.63, 3.8) is 0 Å². The van der Waals surface area contributed by atoms with Crippen molar-refractivity contribution in [2.45, 2.75) is 50.9 Å². The van der Waals surface area contributed by atoms with Crippen LogP contribution in [-0.2, 0) is 26.9 Å². The molecule has 2 N–H and O–H groups in total. The lowest BCUT2D eigenvalue weighted by Crippen LogP contribution is -2.51. The van der Waals surface area contributed by atoms with Gasteiger partial charge in [0.1, 0.15) is 12.4 Å². The van der Waals surface area contributed by atoms with Crippen molar-refractivity contribution in [3.8, 4) is 11.6 Å². The maximum Gasteiger partial charge on any atom is 0.417 e. The Labute approximate surface area is 262 Å². The van der Waals surface area contributed by atoms with Gasteiger partial charge in [-0.15, -0.1) is 0 Å². The summed E-state index contributed by atoms with van der Waals surface area (Å²) >= 11 is 3.39. The highest BCUT2D eigenvalue weighted by atomic mass is 79.9. The fourth-order valence-electron chi connectivity index (χ4n) is 4.01. The molecule has 10 nitrogen and oxygen atoms in total. The Balaban J connectivity index is 1.69. The molecule has 0 aromatic carbocycles. The highest BCUT2D eigenvalue weighted by molar-refractivity contribution is 9.10. The van der Waals surface area contributed by atoms with E-state index in [0.29, 0.717) is 43.9 Å². The van der Waals surface area contributed by atoms with Gasteiger partial charge in [0, 0.05) is 58.5 Å². The normalized spacial score (nSPS) is 13.3. The molecule has 0 bridgehead atoms. The number of amides is 1. The summed E-state index contributed by atoms with van der Waals surface area (Å²) in [5.74, 6) is -0.377. The predicted octanol–water partition coefficient (Wildman–Crippen LogP) is 4.75. The summed E-state index contributed by atoms with van der Waals surface area (Å²) in [5.41, 5.74) is -0.946. The van der Waals surface area contributed by atoms with Gasteiger partial charge in [-0.2, -0.15) is 13.2 Å². The minimum atomic E-state index is -4.53. The van der Waals surface area contributed by atoms with Crippen LogP contribution in [0.3, 0.4) is 0 Å². The van der Waals surface area contributed by atoms with Gasteiger partial charge in [-0.25, -0.2) is 4.98 Å². The van der Waals surface area contributed by atoms with Crippen molar-refractivity contribution in [1.29, 1.82) is 0 Å². The van der Waals surface area contributed by atoms with Crippen LogP contribution in [0.5, 0.6) is 11.6 Å². The molecule has 2 unspecified atom stereocenters. The third-order valence-electron chi connectivity index (χ3n) is 6.39. The number of aromatic nitrogens is 3. The summed E-state index contributed by atoms with van der Waals surface area (Å²) in [6.45, 7) is 6.43. The fourth-order valence-corrected chi connectivity index (χ4v) is 4.25. The number of aliphatic hydroxyl groups excluding tert-OH is 1. The number of carbonyl (C=O) groups is 1. The quantitative estimate of drug-likeness (QED) is 0.194. The molecule has 3 aromatic heterocycles. The van der Waals surface area contributed by atoms with E-state index in [1.54, 1.807) is 24.5 Å². The van der Waals surface area contributed by atoms with Crippen LogP contribution in [0.15, 0.2) is 59.5 Å². The van der Waals surface area contributed by atoms with E-state index >= 15 is 0 Å². The number of alkyl halides is 3. The average Bonchev–Trinajstić information content (AvgIpc) is 2.98. The van der Waals surface area contributed by atoms with E-state index in [4.69, 9.17) is 24.1 Å². The minimum absolute atomic E-state index is 0.0413. The van der Waals surface area contributed by atoms with E-state index in [1.807, 2.05) is 19.1 Å². The molecule has 0 spiro atoms. The molecule has 0 aliphatic heterocycles. The zero-order valence-electron chi connectivity index (χ0n) is 24.6. The Morgan fingerprint density at radius 3 is 2.34 bits per heavy atom. The van der Waals surface area contributed by atoms with E-state index < -0.39 is 29.3 Å². The van der Waals surface area contributed by atoms with E-state index in [9.17, 15) is 18.0 Å². The van der Waals surface area contributed by atoms with Crippen molar-refractivity contribution in [3.05, 3.63) is 76.4 Å². The highest BCUT2D eigenvalue weighted by Crippen LogP contribution is 2.30. The molecule has 0 saturated carbocycles. The molecule has 1 amide bonds. The summed E-state index contributed by atoms with van der Waals surface area (Å²) in [6, 6.07) is 8.72. The Hall–Kier alpha value is -3.33. The van der Waals surface area contributed by atoms with Crippen LogP contribution in [0.1, 0.15) is 43.6 Å². The molecule has 0 aliphatic carbocycles. The number of rotatable bonds is 17. The Bertz CT molecular complexity index is 1310. The van der Waals surface area contributed by atoms with Crippen LogP contribution in [-0.4, -0.2) is 77.2 Å². The monoisotopic (exact) mass is 684 g/mol. The van der Waals surface area contributed by atoms with Crippen LogP contribution in [0.2, 0.25) is 0 Å². The molecular formula is C30H36BrF3N4O6. The van der Waals surface area contributed by atoms with Gasteiger partial charge in [0.15, 0.2) is 5.60 Å². The van der Waals surface area contributed by atoms with Gasteiger partial charge >= 0.3 is 6.18 Å². The molecule has 0 radical (unpaired) electrons. The number of nitrogens with one attached hydrogen (secondary N) is 1. The second-order valence-corrected chi connectivity index (χ2v) is 11.2. The number of nitrogens with zero attached hydrogens (tertiary/aromatic N) is 3. The lowest BCUT2D eigenvalue weighted by atomic mass is 9.90. The second kappa shape index (κ2) is 16.7. The van der Waals surface area contributed by atoms with E-state index in [2.05, 4.69) is 36.2 Å². The zero-order valence-corrected chi connectivity index (χ0v) is 26.2. The van der Waals surface area contributed by atoms with Gasteiger partial charge in [0.05, 0.1) is 38.6 Å². The summed E-state index contributed by atoms with van der Waals surface area (Å²) in [5, 5.41) is 11.7. The maximum atomic E-state index is 13.3.